The predicted octanol–water partition coefficient (Wildman–Crippen LogP) is 3.80. The number of aryl methyl sites for hydroxylation is 2. The summed E-state index contributed by atoms with van der Waals surface area (Å²) in [7, 11) is 1.74. The van der Waals surface area contributed by atoms with E-state index < -0.39 is 11.3 Å². The first kappa shape index (κ1) is 38.6. The summed E-state index contributed by atoms with van der Waals surface area (Å²) in [6, 6.07) is 0. The molecule has 4 amide bonds. The van der Waals surface area contributed by atoms with Gasteiger partial charge in [0.2, 0.25) is 17.7 Å². The molecule has 7 aliphatic rings. The van der Waals surface area contributed by atoms with Crippen molar-refractivity contribution in [1.29, 1.82) is 0 Å². The van der Waals surface area contributed by atoms with Gasteiger partial charge in [0.1, 0.15) is 4.88 Å². The van der Waals surface area contributed by atoms with Gasteiger partial charge in [0.15, 0.2) is 0 Å². The summed E-state index contributed by atoms with van der Waals surface area (Å²) in [5, 5.41) is 9.94. The number of aliphatic hydroxyl groups excluding tert-OH is 1. The number of aromatic nitrogens is 1. The molecule has 7 fully saturated rings. The number of fused-ring (bicyclic) bond motifs is 3. The number of piperidine rings is 1. The summed E-state index contributed by atoms with van der Waals surface area (Å²) in [6.45, 7) is 14.6. The van der Waals surface area contributed by atoms with Crippen LogP contribution in [0.4, 0.5) is 0 Å². The molecule has 12 nitrogen and oxygen atoms in total. The molecule has 1 aromatic rings. The number of nitrogens with two attached hydrogens (primary N) is 1. The quantitative estimate of drug-likeness (QED) is 0.432. The summed E-state index contributed by atoms with van der Waals surface area (Å²) in [4.78, 5) is 59.6. The van der Waals surface area contributed by atoms with Gasteiger partial charge in [-0.05, 0) is 70.6 Å². The highest BCUT2D eigenvalue weighted by atomic mass is 32.1. The van der Waals surface area contributed by atoms with Crippen molar-refractivity contribution in [3.05, 3.63) is 15.6 Å². The molecule has 5 aliphatic heterocycles. The molecule has 2 bridgehead atoms. The molecule has 5 saturated heterocycles. The number of primary amides is 1. The van der Waals surface area contributed by atoms with Gasteiger partial charge in [-0.2, -0.15) is 0 Å². The highest BCUT2D eigenvalue weighted by molar-refractivity contribution is 7.13. The van der Waals surface area contributed by atoms with Crippen molar-refractivity contribution < 1.29 is 35.2 Å². The number of aliphatic hydroxyl groups is 1. The van der Waals surface area contributed by atoms with Crippen LogP contribution in [0.5, 0.6) is 0 Å². The van der Waals surface area contributed by atoms with Crippen LogP contribution in [0, 0.1) is 41.9 Å². The van der Waals surface area contributed by atoms with Crippen molar-refractivity contribution >= 4 is 35.0 Å². The Balaban J connectivity index is 0.000000201. The lowest BCUT2D eigenvalue weighted by molar-refractivity contribution is -0.150. The van der Waals surface area contributed by atoms with Gasteiger partial charge in [0.05, 0.1) is 42.0 Å². The van der Waals surface area contributed by atoms with Crippen molar-refractivity contribution in [2.75, 3.05) is 59.6 Å². The maximum absolute atomic E-state index is 13.0. The zero-order valence-corrected chi connectivity index (χ0v) is 31.8. The zero-order chi connectivity index (χ0) is 36.4. The van der Waals surface area contributed by atoms with Gasteiger partial charge in [-0.3, -0.25) is 19.2 Å². The van der Waals surface area contributed by atoms with Crippen molar-refractivity contribution in [3.63, 3.8) is 0 Å². The second-order valence-electron chi connectivity index (χ2n) is 16.3. The molecule has 50 heavy (non-hydrogen) atoms. The fourth-order valence-corrected chi connectivity index (χ4v) is 9.30. The van der Waals surface area contributed by atoms with Gasteiger partial charge in [0, 0.05) is 71.0 Å². The van der Waals surface area contributed by atoms with E-state index >= 15 is 0 Å². The van der Waals surface area contributed by atoms with Gasteiger partial charge in [-0.15, -0.1) is 11.3 Å². The summed E-state index contributed by atoms with van der Waals surface area (Å²) >= 11 is 1.38. The predicted molar refractivity (Wildman–Crippen MR) is 192 cm³/mol. The Morgan fingerprint density at radius 1 is 1.02 bits per heavy atom. The van der Waals surface area contributed by atoms with Crippen LogP contribution in [-0.4, -0.2) is 120 Å². The van der Waals surface area contributed by atoms with E-state index in [2.05, 4.69) is 18.8 Å². The van der Waals surface area contributed by atoms with E-state index in [0.717, 1.165) is 56.1 Å². The monoisotopic (exact) mass is 719 g/mol. The van der Waals surface area contributed by atoms with Crippen molar-refractivity contribution in [1.82, 2.24) is 19.7 Å². The van der Waals surface area contributed by atoms with Gasteiger partial charge in [0.25, 0.3) is 5.91 Å². The van der Waals surface area contributed by atoms with Crippen molar-refractivity contribution in [2.24, 2.45) is 33.8 Å². The molecule has 282 valence electrons. The van der Waals surface area contributed by atoms with E-state index in [1.807, 2.05) is 30.6 Å². The Kier molecular flexibility index (Phi) is 12.0. The number of nitrogens with zero attached hydrogens (tertiary/aromatic N) is 4. The normalized spacial score (nSPS) is 29.0. The number of carbonyl (C=O) groups is 4. The molecule has 0 aromatic carbocycles. The topological polar surface area (TPSA) is 156 Å². The van der Waals surface area contributed by atoms with E-state index in [1.54, 1.807) is 12.0 Å². The highest BCUT2D eigenvalue weighted by Gasteiger charge is 2.61. The number of thiazole rings is 1. The van der Waals surface area contributed by atoms with Crippen LogP contribution in [0.1, 0.15) is 100 Å². The first-order chi connectivity index (χ1) is 23.7. The third-order valence-corrected chi connectivity index (χ3v) is 13.1. The fourth-order valence-electron chi connectivity index (χ4n) is 8.41. The number of ether oxygens (including phenoxy) is 2. The molecular formula is C37H61N5O7S. The molecule has 13 heteroatoms. The van der Waals surface area contributed by atoms with Gasteiger partial charge >= 0.3 is 0 Å². The molecule has 1 aromatic heterocycles. The lowest BCUT2D eigenvalue weighted by Gasteiger charge is -2.50. The van der Waals surface area contributed by atoms with E-state index in [9.17, 15) is 19.2 Å². The molecule has 0 radical (unpaired) electrons. The Morgan fingerprint density at radius 2 is 1.64 bits per heavy atom. The standard InChI is InChI=1S/C19H26N4O3S.C10H19NO2.C8H14O2.H2/c1-10-14(27-11(2)21-10)17(26)22-6-13(15(20)24)19(7-22)8-23(9-19)16(25)12-5-18(12,3)4;1-3-4-10(12)11-7-5-9(13-2)6-8-11;9-5-8-3-1-7(2-4-8)10-6-8;/h12-13H,5-9H2,1-4H3,(H2,20,24);9H,3-8H2,1-2H3;7,9H,1-6H2;1H/t12-,13+;;;/m1.../s1. The molecule has 0 unspecified atom stereocenters. The summed E-state index contributed by atoms with van der Waals surface area (Å²) in [5.41, 5.74) is 6.24. The van der Waals surface area contributed by atoms with Gasteiger partial charge in [-0.1, -0.05) is 20.8 Å². The fraction of sp³-hybridized carbons (Fsp3) is 0.811. The van der Waals surface area contributed by atoms with E-state index in [1.165, 1.54) is 37.0 Å². The lowest BCUT2D eigenvalue weighted by atomic mass is 9.71. The molecule has 2 saturated carbocycles. The highest BCUT2D eigenvalue weighted by Crippen LogP contribution is 2.54. The molecular weight excluding hydrogens is 659 g/mol. The minimum Gasteiger partial charge on any atom is -0.396 e. The second kappa shape index (κ2) is 15.6. The summed E-state index contributed by atoms with van der Waals surface area (Å²) < 4.78 is 10.8. The number of rotatable bonds is 7. The number of hydrogen-bond donors (Lipinski definition) is 2. The first-order valence-electron chi connectivity index (χ1n) is 18.5. The van der Waals surface area contributed by atoms with Crippen molar-refractivity contribution in [3.8, 4) is 0 Å². The molecule has 8 rings (SSSR count). The molecule has 2 atom stereocenters. The number of hydrogen-bond acceptors (Lipinski definition) is 9. The average molecular weight is 720 g/mol. The SMILES string of the molecule is CCCC(=O)N1CCC(OC)CC1.Cc1nc(C)c(C(=O)N2C[C@@H](C(N)=O)C3(C2)CN(C(=O)[C@H]2CC2(C)C)C3)s1.OCC12CCC(CC1)OC2.[HH]. The van der Waals surface area contributed by atoms with Crippen LogP contribution in [0.25, 0.3) is 0 Å². The maximum Gasteiger partial charge on any atom is 0.265 e. The second-order valence-corrected chi connectivity index (χ2v) is 17.5. The van der Waals surface area contributed by atoms with Crippen molar-refractivity contribution in [2.45, 2.75) is 105 Å². The Labute approximate surface area is 302 Å². The van der Waals surface area contributed by atoms with Crippen LogP contribution in [0.2, 0.25) is 0 Å². The lowest BCUT2D eigenvalue weighted by Crippen LogP contribution is -2.64. The van der Waals surface area contributed by atoms with Crippen LogP contribution < -0.4 is 5.73 Å². The molecule has 3 N–H and O–H groups in total. The largest absolute Gasteiger partial charge is 0.396 e. The zero-order valence-electron chi connectivity index (χ0n) is 31.0. The van der Waals surface area contributed by atoms with Crippen LogP contribution in [0.15, 0.2) is 0 Å². The summed E-state index contributed by atoms with van der Waals surface area (Å²) in [5.74, 6) is -0.323. The van der Waals surface area contributed by atoms with Crippen LogP contribution >= 0.6 is 11.3 Å². The van der Waals surface area contributed by atoms with Gasteiger partial charge < -0.3 is 35.0 Å². The third-order valence-electron chi connectivity index (χ3n) is 12.1. The molecule has 1 spiro atoms. The summed E-state index contributed by atoms with van der Waals surface area (Å²) in [6.07, 6.45) is 10.1. The first-order valence-corrected chi connectivity index (χ1v) is 19.3. The van der Waals surface area contributed by atoms with E-state index in [0.29, 0.717) is 62.2 Å². The van der Waals surface area contributed by atoms with E-state index in [-0.39, 0.29) is 35.9 Å². The molecule has 6 heterocycles. The van der Waals surface area contributed by atoms with Crippen LogP contribution in [-0.2, 0) is 23.9 Å². The minimum absolute atomic E-state index is 0. The Hall–Kier alpha value is -2.61. The number of carbonyl (C=O) groups excluding carboxylic acids is 4. The number of likely N-dealkylation sites (tertiary alicyclic amines) is 3. The number of amides is 4. The maximum atomic E-state index is 13.0. The van der Waals surface area contributed by atoms with Crippen LogP contribution in [0.3, 0.4) is 0 Å². The van der Waals surface area contributed by atoms with E-state index in [4.69, 9.17) is 20.3 Å². The Bertz CT molecular complexity index is 1390. The van der Waals surface area contributed by atoms with Gasteiger partial charge in [-0.25, -0.2) is 4.98 Å². The molecule has 2 aliphatic carbocycles. The smallest absolute Gasteiger partial charge is 0.265 e. The average Bonchev–Trinajstić information content (AvgIpc) is 3.38. The Morgan fingerprint density at radius 3 is 2.08 bits per heavy atom. The third kappa shape index (κ3) is 8.37. The minimum atomic E-state index is -0.410. The number of methoxy groups -OCH3 is 1.